The Morgan fingerprint density at radius 3 is 2.33 bits per heavy atom. The largest absolute Gasteiger partial charge is 0.379 e. The van der Waals surface area contributed by atoms with Crippen LogP contribution in [0.25, 0.3) is 0 Å². The number of alkyl halides is 1. The van der Waals surface area contributed by atoms with Crippen molar-refractivity contribution in [3.63, 3.8) is 0 Å². The van der Waals surface area contributed by atoms with Gasteiger partial charge in [0.25, 0.3) is 5.91 Å². The Labute approximate surface area is 177 Å². The van der Waals surface area contributed by atoms with Gasteiger partial charge in [-0.3, -0.25) is 4.79 Å². The average molecular weight is 420 g/mol. The summed E-state index contributed by atoms with van der Waals surface area (Å²) < 4.78 is 39.8. The standard InChI is InChI=1S/C24H31F2NO3/c1-2-3-14-29-16-17-30-15-13-27(24(28)22-11-7-8-12-23(22)26)19-21(25)18-20-9-5-4-6-10-20/h4-12,21H,2-3,13-19H2,1H3. The summed E-state index contributed by atoms with van der Waals surface area (Å²) in [5.41, 5.74) is 0.788. The highest BCUT2D eigenvalue weighted by Gasteiger charge is 2.22. The number of carbonyl (C=O) groups is 1. The van der Waals surface area contributed by atoms with Crippen molar-refractivity contribution >= 4 is 5.91 Å². The molecular formula is C24H31F2NO3. The van der Waals surface area contributed by atoms with E-state index < -0.39 is 17.9 Å². The maximum absolute atomic E-state index is 14.7. The molecule has 0 radical (unpaired) electrons. The van der Waals surface area contributed by atoms with Gasteiger partial charge in [0.15, 0.2) is 0 Å². The summed E-state index contributed by atoms with van der Waals surface area (Å²) in [4.78, 5) is 14.2. The first kappa shape index (κ1) is 24.0. The highest BCUT2D eigenvalue weighted by Crippen LogP contribution is 2.13. The molecule has 6 heteroatoms. The van der Waals surface area contributed by atoms with Crippen LogP contribution in [0.15, 0.2) is 54.6 Å². The van der Waals surface area contributed by atoms with E-state index in [1.165, 1.54) is 23.1 Å². The van der Waals surface area contributed by atoms with Gasteiger partial charge in [-0.25, -0.2) is 8.78 Å². The lowest BCUT2D eigenvalue weighted by atomic mass is 10.1. The van der Waals surface area contributed by atoms with Gasteiger partial charge in [-0.15, -0.1) is 0 Å². The zero-order valence-electron chi connectivity index (χ0n) is 17.6. The van der Waals surface area contributed by atoms with Crippen molar-refractivity contribution in [3.8, 4) is 0 Å². The van der Waals surface area contributed by atoms with E-state index in [1.54, 1.807) is 6.07 Å². The topological polar surface area (TPSA) is 38.8 Å². The molecule has 0 aromatic heterocycles. The van der Waals surface area contributed by atoms with Gasteiger partial charge in [0.1, 0.15) is 12.0 Å². The van der Waals surface area contributed by atoms with E-state index in [4.69, 9.17) is 9.47 Å². The fourth-order valence-corrected chi connectivity index (χ4v) is 3.00. The molecule has 1 unspecified atom stereocenters. The minimum Gasteiger partial charge on any atom is -0.379 e. The molecule has 0 N–H and O–H groups in total. The zero-order valence-corrected chi connectivity index (χ0v) is 17.6. The van der Waals surface area contributed by atoms with Crippen LogP contribution >= 0.6 is 0 Å². The quantitative estimate of drug-likeness (QED) is 0.417. The Kier molecular flexibility index (Phi) is 11.0. The molecule has 0 saturated heterocycles. The zero-order chi connectivity index (χ0) is 21.6. The van der Waals surface area contributed by atoms with Crippen molar-refractivity contribution in [3.05, 3.63) is 71.5 Å². The Hall–Kier alpha value is -2.31. The van der Waals surface area contributed by atoms with Crippen LogP contribution in [0, 0.1) is 5.82 Å². The summed E-state index contributed by atoms with van der Waals surface area (Å²) in [6, 6.07) is 15.0. The minimum atomic E-state index is -1.26. The first-order valence-electron chi connectivity index (χ1n) is 10.5. The van der Waals surface area contributed by atoms with E-state index >= 15 is 0 Å². The molecule has 2 rings (SSSR count). The lowest BCUT2D eigenvalue weighted by Crippen LogP contribution is -2.39. The van der Waals surface area contributed by atoms with Crippen molar-refractivity contribution in [2.45, 2.75) is 32.4 Å². The molecule has 0 saturated carbocycles. The van der Waals surface area contributed by atoms with Crippen molar-refractivity contribution < 1.29 is 23.0 Å². The van der Waals surface area contributed by atoms with Crippen LogP contribution in [-0.2, 0) is 15.9 Å². The monoisotopic (exact) mass is 419 g/mol. The fourth-order valence-electron chi connectivity index (χ4n) is 3.00. The summed E-state index contributed by atoms with van der Waals surface area (Å²) in [5, 5.41) is 0. The predicted octanol–water partition coefficient (Wildman–Crippen LogP) is 4.68. The molecule has 164 valence electrons. The van der Waals surface area contributed by atoms with Gasteiger partial charge in [0, 0.05) is 19.6 Å². The molecule has 0 fully saturated rings. The van der Waals surface area contributed by atoms with Crippen molar-refractivity contribution in [1.82, 2.24) is 4.90 Å². The van der Waals surface area contributed by atoms with Gasteiger partial charge in [-0.05, 0) is 24.1 Å². The number of ether oxygens (including phenoxy) is 2. The summed E-state index contributed by atoms with van der Waals surface area (Å²) in [6.07, 6.45) is 1.00. The second-order valence-corrected chi connectivity index (χ2v) is 7.10. The van der Waals surface area contributed by atoms with Gasteiger partial charge in [-0.1, -0.05) is 55.8 Å². The van der Waals surface area contributed by atoms with Crippen LogP contribution in [-0.4, -0.2) is 56.5 Å². The number of hydrogen-bond acceptors (Lipinski definition) is 3. The Balaban J connectivity index is 1.91. The maximum atomic E-state index is 14.7. The highest BCUT2D eigenvalue weighted by atomic mass is 19.1. The van der Waals surface area contributed by atoms with Gasteiger partial charge in [0.2, 0.25) is 0 Å². The smallest absolute Gasteiger partial charge is 0.257 e. The third kappa shape index (κ3) is 8.59. The fraction of sp³-hybridized carbons (Fsp3) is 0.458. The van der Waals surface area contributed by atoms with E-state index in [2.05, 4.69) is 6.92 Å². The number of amides is 1. The van der Waals surface area contributed by atoms with E-state index in [-0.39, 0.29) is 31.7 Å². The molecule has 0 aliphatic heterocycles. The van der Waals surface area contributed by atoms with E-state index in [0.29, 0.717) is 19.8 Å². The summed E-state index contributed by atoms with van der Waals surface area (Å²) in [6.45, 7) is 3.94. The molecule has 30 heavy (non-hydrogen) atoms. The lowest BCUT2D eigenvalue weighted by molar-refractivity contribution is 0.0325. The molecule has 0 spiro atoms. The number of halogens is 2. The minimum absolute atomic E-state index is 0.0627. The lowest BCUT2D eigenvalue weighted by Gasteiger charge is -2.25. The van der Waals surface area contributed by atoms with Crippen molar-refractivity contribution in [2.24, 2.45) is 0 Å². The molecule has 0 heterocycles. The maximum Gasteiger partial charge on any atom is 0.257 e. The molecule has 2 aromatic rings. The van der Waals surface area contributed by atoms with Gasteiger partial charge in [0.05, 0.1) is 31.9 Å². The second kappa shape index (κ2) is 13.8. The number of carbonyl (C=O) groups excluding carboxylic acids is 1. The SMILES string of the molecule is CCCCOCCOCCN(CC(F)Cc1ccccc1)C(=O)c1ccccc1F. The molecule has 0 aliphatic carbocycles. The van der Waals surface area contributed by atoms with Gasteiger partial charge in [-0.2, -0.15) is 0 Å². The second-order valence-electron chi connectivity index (χ2n) is 7.10. The molecule has 1 amide bonds. The number of rotatable bonds is 14. The average Bonchev–Trinajstić information content (AvgIpc) is 2.75. The number of benzene rings is 2. The van der Waals surface area contributed by atoms with Crippen LogP contribution in [0.4, 0.5) is 8.78 Å². The molecule has 4 nitrogen and oxygen atoms in total. The first-order chi connectivity index (χ1) is 14.6. The first-order valence-corrected chi connectivity index (χ1v) is 10.5. The number of nitrogens with zero attached hydrogens (tertiary/aromatic N) is 1. The third-order valence-corrected chi connectivity index (χ3v) is 4.63. The highest BCUT2D eigenvalue weighted by molar-refractivity contribution is 5.94. The van der Waals surface area contributed by atoms with Crippen LogP contribution in [0.2, 0.25) is 0 Å². The Morgan fingerprint density at radius 2 is 1.63 bits per heavy atom. The van der Waals surface area contributed by atoms with Gasteiger partial charge < -0.3 is 14.4 Å². The van der Waals surface area contributed by atoms with Crippen LogP contribution in [0.1, 0.15) is 35.7 Å². The number of unbranched alkanes of at least 4 members (excludes halogenated alkanes) is 1. The van der Waals surface area contributed by atoms with E-state index in [0.717, 1.165) is 18.4 Å². The normalized spacial score (nSPS) is 12.0. The molecule has 0 aliphatic rings. The van der Waals surface area contributed by atoms with E-state index in [1.807, 2.05) is 30.3 Å². The van der Waals surface area contributed by atoms with Gasteiger partial charge >= 0.3 is 0 Å². The van der Waals surface area contributed by atoms with Crippen LogP contribution < -0.4 is 0 Å². The van der Waals surface area contributed by atoms with Crippen molar-refractivity contribution in [2.75, 3.05) is 39.5 Å². The summed E-state index contributed by atoms with van der Waals surface area (Å²) >= 11 is 0. The Morgan fingerprint density at radius 1 is 0.967 bits per heavy atom. The number of hydrogen-bond donors (Lipinski definition) is 0. The summed E-state index contributed by atoms with van der Waals surface area (Å²) in [7, 11) is 0. The summed E-state index contributed by atoms with van der Waals surface area (Å²) in [5.74, 6) is -1.15. The third-order valence-electron chi connectivity index (χ3n) is 4.63. The molecule has 2 aromatic carbocycles. The van der Waals surface area contributed by atoms with Crippen LogP contribution in [0.3, 0.4) is 0 Å². The van der Waals surface area contributed by atoms with Crippen molar-refractivity contribution in [1.29, 1.82) is 0 Å². The predicted molar refractivity (Wildman–Crippen MR) is 114 cm³/mol. The molecular weight excluding hydrogens is 388 g/mol. The molecule has 0 bridgehead atoms. The molecule has 1 atom stereocenters. The Bertz CT molecular complexity index is 742. The van der Waals surface area contributed by atoms with E-state index in [9.17, 15) is 13.6 Å². The van der Waals surface area contributed by atoms with Crippen LogP contribution in [0.5, 0.6) is 0 Å².